The zero-order valence-electron chi connectivity index (χ0n) is 19.3. The van der Waals surface area contributed by atoms with Gasteiger partial charge in [-0.2, -0.15) is 13.2 Å². The highest BCUT2D eigenvalue weighted by Crippen LogP contribution is 2.42. The molecule has 2 fully saturated rings. The standard InChI is InChI=1S/C27H36F6/c28-16-4-2-1-3-5-19-6-8-20(9-7-19)10-11-21-12-14-22(15-13-21)23-17-24(29)26(25(30)18-23)27(31,32)33/h1-2,17-22H,3-16H2/b2-1+. The van der Waals surface area contributed by atoms with E-state index in [0.29, 0.717) is 17.9 Å². The Bertz CT molecular complexity index is 729. The SMILES string of the molecule is FCC/C=C/CCC1CCC(CCC2CCC(c3cc(F)c(C(F)(F)F)c(F)c3)CC2)CC1. The normalized spacial score (nSPS) is 26.7. The van der Waals surface area contributed by atoms with Crippen LogP contribution in [0.1, 0.15) is 101 Å². The van der Waals surface area contributed by atoms with E-state index < -0.39 is 23.4 Å². The van der Waals surface area contributed by atoms with Crippen molar-refractivity contribution in [2.24, 2.45) is 17.8 Å². The van der Waals surface area contributed by atoms with Crippen LogP contribution in [0.2, 0.25) is 0 Å². The predicted octanol–water partition coefficient (Wildman–Crippen LogP) is 9.54. The average molecular weight is 475 g/mol. The molecule has 2 saturated carbocycles. The summed E-state index contributed by atoms with van der Waals surface area (Å²) in [5.41, 5.74) is -1.43. The molecule has 0 heterocycles. The Morgan fingerprint density at radius 3 is 1.64 bits per heavy atom. The largest absolute Gasteiger partial charge is 0.422 e. The molecule has 2 aliphatic carbocycles. The minimum Gasteiger partial charge on any atom is -0.251 e. The number of benzene rings is 1. The molecule has 0 aliphatic heterocycles. The lowest BCUT2D eigenvalue weighted by Crippen LogP contribution is -2.18. The van der Waals surface area contributed by atoms with E-state index in [1.165, 1.54) is 44.9 Å². The topological polar surface area (TPSA) is 0 Å². The fraction of sp³-hybridized carbons (Fsp3) is 0.704. The molecule has 0 bridgehead atoms. The van der Waals surface area contributed by atoms with Crippen LogP contribution in [0, 0.1) is 29.4 Å². The van der Waals surface area contributed by atoms with E-state index in [4.69, 9.17) is 0 Å². The summed E-state index contributed by atoms with van der Waals surface area (Å²) in [6, 6.07) is 1.76. The third kappa shape index (κ3) is 7.78. The zero-order chi connectivity index (χ0) is 23.8. The number of halogens is 6. The fourth-order valence-corrected chi connectivity index (χ4v) is 5.79. The molecule has 0 saturated heterocycles. The van der Waals surface area contributed by atoms with Crippen LogP contribution in [0.4, 0.5) is 26.3 Å². The van der Waals surface area contributed by atoms with Crippen LogP contribution in [0.5, 0.6) is 0 Å². The Labute approximate surface area is 193 Å². The molecule has 0 unspecified atom stereocenters. The lowest BCUT2D eigenvalue weighted by Gasteiger charge is -2.32. The summed E-state index contributed by atoms with van der Waals surface area (Å²) in [7, 11) is 0. The van der Waals surface area contributed by atoms with Crippen molar-refractivity contribution >= 4 is 0 Å². The highest BCUT2D eigenvalue weighted by Gasteiger charge is 2.38. The minimum absolute atomic E-state index is 0.0677. The number of hydrogen-bond donors (Lipinski definition) is 0. The van der Waals surface area contributed by atoms with Gasteiger partial charge in [0.05, 0.1) is 6.67 Å². The van der Waals surface area contributed by atoms with Gasteiger partial charge in [0, 0.05) is 0 Å². The lowest BCUT2D eigenvalue weighted by molar-refractivity contribution is -0.142. The van der Waals surface area contributed by atoms with Crippen molar-refractivity contribution in [2.45, 2.75) is 95.6 Å². The van der Waals surface area contributed by atoms with E-state index in [9.17, 15) is 26.3 Å². The summed E-state index contributed by atoms with van der Waals surface area (Å²) in [4.78, 5) is 0. The average Bonchev–Trinajstić information content (AvgIpc) is 2.77. The first-order chi connectivity index (χ1) is 15.8. The van der Waals surface area contributed by atoms with Crippen LogP contribution in [-0.2, 0) is 6.18 Å². The van der Waals surface area contributed by atoms with Gasteiger partial charge in [0.25, 0.3) is 0 Å². The molecular weight excluding hydrogens is 438 g/mol. The number of rotatable bonds is 9. The summed E-state index contributed by atoms with van der Waals surface area (Å²) in [5, 5.41) is 0. The summed E-state index contributed by atoms with van der Waals surface area (Å²) in [6.07, 6.45) is 12.8. The van der Waals surface area contributed by atoms with Crippen molar-refractivity contribution in [1.82, 2.24) is 0 Å². The zero-order valence-corrected chi connectivity index (χ0v) is 19.3. The van der Waals surface area contributed by atoms with E-state index >= 15 is 0 Å². The van der Waals surface area contributed by atoms with Gasteiger partial charge in [-0.15, -0.1) is 0 Å². The molecule has 1 aromatic rings. The van der Waals surface area contributed by atoms with Gasteiger partial charge in [0.2, 0.25) is 0 Å². The molecule has 0 atom stereocenters. The molecule has 0 aromatic heterocycles. The second-order valence-corrected chi connectivity index (χ2v) is 10.1. The quantitative estimate of drug-likeness (QED) is 0.247. The van der Waals surface area contributed by atoms with Crippen LogP contribution in [0.15, 0.2) is 24.3 Å². The van der Waals surface area contributed by atoms with E-state index in [2.05, 4.69) is 6.08 Å². The van der Waals surface area contributed by atoms with Gasteiger partial charge in [0.15, 0.2) is 0 Å². The Morgan fingerprint density at radius 2 is 1.15 bits per heavy atom. The Morgan fingerprint density at radius 1 is 0.697 bits per heavy atom. The summed E-state index contributed by atoms with van der Waals surface area (Å²) >= 11 is 0. The van der Waals surface area contributed by atoms with Crippen LogP contribution >= 0.6 is 0 Å². The van der Waals surface area contributed by atoms with E-state index in [1.807, 2.05) is 6.08 Å². The first kappa shape index (κ1) is 26.2. The van der Waals surface area contributed by atoms with Gasteiger partial charge in [-0.05, 0) is 86.3 Å². The maximum Gasteiger partial charge on any atom is 0.422 e. The monoisotopic (exact) mass is 474 g/mol. The third-order valence-electron chi connectivity index (χ3n) is 7.80. The molecule has 2 aliphatic rings. The lowest BCUT2D eigenvalue weighted by atomic mass is 9.74. The van der Waals surface area contributed by atoms with Gasteiger partial charge >= 0.3 is 6.18 Å². The summed E-state index contributed by atoms with van der Waals surface area (Å²) in [6.45, 7) is -0.282. The highest BCUT2D eigenvalue weighted by molar-refractivity contribution is 5.30. The first-order valence-corrected chi connectivity index (χ1v) is 12.5. The third-order valence-corrected chi connectivity index (χ3v) is 7.80. The van der Waals surface area contributed by atoms with Crippen molar-refractivity contribution in [3.8, 4) is 0 Å². The highest BCUT2D eigenvalue weighted by atomic mass is 19.4. The molecule has 6 heteroatoms. The molecule has 3 rings (SSSR count). The molecular formula is C27H36F6. The van der Waals surface area contributed by atoms with Crippen LogP contribution in [0.3, 0.4) is 0 Å². The van der Waals surface area contributed by atoms with Gasteiger partial charge in [-0.3, -0.25) is 4.39 Å². The van der Waals surface area contributed by atoms with E-state index in [1.54, 1.807) is 0 Å². The van der Waals surface area contributed by atoms with Gasteiger partial charge in [-0.1, -0.05) is 50.7 Å². The van der Waals surface area contributed by atoms with E-state index in [0.717, 1.165) is 56.1 Å². The Balaban J connectivity index is 1.37. The smallest absolute Gasteiger partial charge is 0.251 e. The van der Waals surface area contributed by atoms with Gasteiger partial charge < -0.3 is 0 Å². The van der Waals surface area contributed by atoms with Crippen molar-refractivity contribution in [2.75, 3.05) is 6.67 Å². The number of alkyl halides is 4. The molecule has 33 heavy (non-hydrogen) atoms. The van der Waals surface area contributed by atoms with Crippen molar-refractivity contribution in [3.05, 3.63) is 47.0 Å². The molecule has 0 N–H and O–H groups in total. The van der Waals surface area contributed by atoms with E-state index in [-0.39, 0.29) is 12.6 Å². The predicted molar refractivity (Wildman–Crippen MR) is 120 cm³/mol. The van der Waals surface area contributed by atoms with Crippen LogP contribution in [0.25, 0.3) is 0 Å². The van der Waals surface area contributed by atoms with Crippen molar-refractivity contribution in [1.29, 1.82) is 0 Å². The Hall–Kier alpha value is -1.46. The van der Waals surface area contributed by atoms with Crippen molar-refractivity contribution < 1.29 is 26.3 Å². The second-order valence-electron chi connectivity index (χ2n) is 10.1. The maximum atomic E-state index is 13.9. The fourth-order valence-electron chi connectivity index (χ4n) is 5.79. The van der Waals surface area contributed by atoms with Crippen LogP contribution < -0.4 is 0 Å². The molecule has 0 amide bonds. The maximum absolute atomic E-state index is 13.9. The first-order valence-electron chi connectivity index (χ1n) is 12.5. The molecule has 0 nitrogen and oxygen atoms in total. The summed E-state index contributed by atoms with van der Waals surface area (Å²) in [5.74, 6) is -0.918. The molecule has 1 aromatic carbocycles. The van der Waals surface area contributed by atoms with Crippen molar-refractivity contribution in [3.63, 3.8) is 0 Å². The summed E-state index contributed by atoms with van der Waals surface area (Å²) < 4.78 is 78.3. The minimum atomic E-state index is -5.02. The molecule has 186 valence electrons. The van der Waals surface area contributed by atoms with Gasteiger partial charge in [0.1, 0.15) is 17.2 Å². The number of allylic oxidation sites excluding steroid dienone is 2. The van der Waals surface area contributed by atoms with Crippen LogP contribution in [-0.4, -0.2) is 6.67 Å². The second kappa shape index (κ2) is 12.3. The van der Waals surface area contributed by atoms with Gasteiger partial charge in [-0.25, -0.2) is 8.78 Å². The Kier molecular flexibility index (Phi) is 9.75. The molecule has 0 spiro atoms. The number of hydrogen-bond acceptors (Lipinski definition) is 0. The molecule has 0 radical (unpaired) electrons.